The fourth-order valence-corrected chi connectivity index (χ4v) is 5.75. The number of aliphatic hydroxyl groups is 1. The quantitative estimate of drug-likeness (QED) is 0.316. The second kappa shape index (κ2) is 14.0. The number of hydrogen-bond donors (Lipinski definition) is 2. The fourth-order valence-electron chi connectivity index (χ4n) is 4.34. The molecule has 0 spiro atoms. The highest BCUT2D eigenvalue weighted by molar-refractivity contribution is 7.89. The fraction of sp³-hybridized carbons (Fsp3) is 0.258. The Balaban J connectivity index is 1.48. The van der Waals surface area contributed by atoms with Crippen LogP contribution in [0.3, 0.4) is 0 Å². The van der Waals surface area contributed by atoms with Crippen LogP contribution in [0.5, 0.6) is 5.75 Å². The second-order valence-corrected chi connectivity index (χ2v) is 11.1. The Bertz CT molecular complexity index is 1480. The van der Waals surface area contributed by atoms with E-state index < -0.39 is 22.2 Å². The largest absolute Gasteiger partial charge is 0.497 e. The van der Waals surface area contributed by atoms with E-state index >= 15 is 0 Å². The predicted molar refractivity (Wildman–Crippen MR) is 155 cm³/mol. The van der Waals surface area contributed by atoms with Gasteiger partial charge in [0, 0.05) is 36.7 Å². The molecule has 41 heavy (non-hydrogen) atoms. The van der Waals surface area contributed by atoms with E-state index in [1.807, 2.05) is 42.5 Å². The number of benzene rings is 3. The summed E-state index contributed by atoms with van der Waals surface area (Å²) in [6.45, 7) is -0.544. The number of anilines is 1. The molecule has 9 nitrogen and oxygen atoms in total. The normalized spacial score (nSPS) is 16.8. The van der Waals surface area contributed by atoms with Crippen molar-refractivity contribution in [2.45, 2.75) is 23.5 Å². The zero-order valence-electron chi connectivity index (χ0n) is 22.6. The van der Waals surface area contributed by atoms with Crippen LogP contribution in [0.2, 0.25) is 0 Å². The number of ether oxygens (including phenoxy) is 3. The molecule has 0 aliphatic carbocycles. The Morgan fingerprint density at radius 2 is 1.78 bits per heavy atom. The average molecular weight is 577 g/mol. The Labute approximate surface area is 240 Å². The van der Waals surface area contributed by atoms with Gasteiger partial charge in [-0.3, -0.25) is 4.79 Å². The molecule has 0 aromatic heterocycles. The zero-order valence-corrected chi connectivity index (χ0v) is 23.4. The lowest BCUT2D eigenvalue weighted by Gasteiger charge is -2.30. The molecule has 0 fully saturated rings. The molecule has 10 heteroatoms. The second-order valence-electron chi connectivity index (χ2n) is 9.18. The van der Waals surface area contributed by atoms with Crippen molar-refractivity contribution in [3.63, 3.8) is 0 Å². The number of para-hydroxylation sites is 1. The van der Waals surface area contributed by atoms with Gasteiger partial charge in [0.2, 0.25) is 16.3 Å². The van der Waals surface area contributed by atoms with E-state index in [4.69, 9.17) is 20.6 Å². The minimum Gasteiger partial charge on any atom is -0.497 e. The third kappa shape index (κ3) is 7.74. The molecule has 1 heterocycles. The molecular formula is C31H32N2O7S. The van der Waals surface area contributed by atoms with Crippen LogP contribution in [0.25, 0.3) is 0 Å². The van der Waals surface area contributed by atoms with Gasteiger partial charge in [-0.2, -0.15) is 4.31 Å². The number of hydrogen-bond acceptors (Lipinski definition) is 7. The molecule has 0 unspecified atom stereocenters. The summed E-state index contributed by atoms with van der Waals surface area (Å²) < 4.78 is 44.6. The van der Waals surface area contributed by atoms with Crippen molar-refractivity contribution < 1.29 is 32.5 Å². The number of allylic oxidation sites excluding steroid dienone is 1. The third-order valence-electron chi connectivity index (χ3n) is 6.51. The highest BCUT2D eigenvalue weighted by atomic mass is 32.2. The Morgan fingerprint density at radius 1 is 1.07 bits per heavy atom. The van der Waals surface area contributed by atoms with Crippen molar-refractivity contribution >= 4 is 21.6 Å². The van der Waals surface area contributed by atoms with Gasteiger partial charge < -0.3 is 24.6 Å². The van der Waals surface area contributed by atoms with Gasteiger partial charge in [0.05, 0.1) is 25.2 Å². The number of nitrogens with zero attached hydrogens (tertiary/aromatic N) is 1. The topological polar surface area (TPSA) is 114 Å². The molecular weight excluding hydrogens is 544 g/mol. The summed E-state index contributed by atoms with van der Waals surface area (Å²) in [7, 11) is -2.41. The Kier molecular flexibility index (Phi) is 10.2. The number of methoxy groups -OCH3 is 1. The van der Waals surface area contributed by atoms with Gasteiger partial charge in [-0.15, -0.1) is 6.42 Å². The minimum atomic E-state index is -3.91. The molecule has 3 aromatic rings. The molecule has 4 rings (SSSR count). The molecule has 0 radical (unpaired) electrons. The predicted octanol–water partition coefficient (Wildman–Crippen LogP) is 3.73. The monoisotopic (exact) mass is 576 g/mol. The molecule has 0 bridgehead atoms. The van der Waals surface area contributed by atoms with Gasteiger partial charge >= 0.3 is 0 Å². The van der Waals surface area contributed by atoms with Crippen LogP contribution in [-0.4, -0.2) is 63.4 Å². The first-order valence-corrected chi connectivity index (χ1v) is 14.5. The maximum absolute atomic E-state index is 13.2. The van der Waals surface area contributed by atoms with E-state index in [1.165, 1.54) is 19.2 Å². The molecule has 2 atom stereocenters. The van der Waals surface area contributed by atoms with Gasteiger partial charge in [-0.25, -0.2) is 8.42 Å². The van der Waals surface area contributed by atoms with Crippen LogP contribution in [-0.2, 0) is 24.3 Å². The Morgan fingerprint density at radius 3 is 2.41 bits per heavy atom. The standard InChI is InChI=1S/C31H32N2O7S/c1-3-23-9-11-24(12-10-23)25-21-29(31(35)32-26-7-5-4-6-8-26)40-30(22-25)39-20-18-33(17-19-34)41(36,37)28-15-13-27(38-2)14-16-28/h1,4-16,21,25,30,34H,17-20,22H2,2H3,(H,32,35)/t25-,30+/m1/s1. The van der Waals surface area contributed by atoms with Gasteiger partial charge in [0.15, 0.2) is 5.76 Å². The summed E-state index contributed by atoms with van der Waals surface area (Å²) in [5, 5.41) is 12.4. The minimum absolute atomic E-state index is 0.0314. The summed E-state index contributed by atoms with van der Waals surface area (Å²) >= 11 is 0. The lowest BCUT2D eigenvalue weighted by Crippen LogP contribution is -2.37. The molecule has 3 aromatic carbocycles. The van der Waals surface area contributed by atoms with Gasteiger partial charge in [0.1, 0.15) is 5.75 Å². The molecule has 2 N–H and O–H groups in total. The number of terminal acetylenes is 1. The number of sulfonamides is 1. The van der Waals surface area contributed by atoms with Gasteiger partial charge in [0.25, 0.3) is 5.91 Å². The van der Waals surface area contributed by atoms with E-state index in [-0.39, 0.29) is 42.9 Å². The maximum atomic E-state index is 13.2. The van der Waals surface area contributed by atoms with E-state index in [0.717, 1.165) is 15.4 Å². The van der Waals surface area contributed by atoms with Crippen molar-refractivity contribution in [2.75, 3.05) is 38.7 Å². The van der Waals surface area contributed by atoms with E-state index in [2.05, 4.69) is 11.2 Å². The van der Waals surface area contributed by atoms with Crippen LogP contribution < -0.4 is 10.1 Å². The number of carbonyl (C=O) groups excluding carboxylic acids is 1. The van der Waals surface area contributed by atoms with E-state index in [1.54, 1.807) is 30.3 Å². The number of amides is 1. The zero-order chi connectivity index (χ0) is 29.2. The average Bonchev–Trinajstić information content (AvgIpc) is 3.01. The van der Waals surface area contributed by atoms with E-state index in [0.29, 0.717) is 17.9 Å². The summed E-state index contributed by atoms with van der Waals surface area (Å²) in [6, 6.07) is 22.5. The summed E-state index contributed by atoms with van der Waals surface area (Å²) in [5.74, 6) is 2.56. The van der Waals surface area contributed by atoms with Crippen molar-refractivity contribution in [2.24, 2.45) is 0 Å². The van der Waals surface area contributed by atoms with Crippen LogP contribution in [0.1, 0.15) is 23.5 Å². The Hall–Kier alpha value is -4.14. The number of nitrogens with one attached hydrogen (secondary N) is 1. The van der Waals surface area contributed by atoms with E-state index in [9.17, 15) is 18.3 Å². The summed E-state index contributed by atoms with van der Waals surface area (Å²) in [5.41, 5.74) is 2.28. The molecule has 1 amide bonds. The van der Waals surface area contributed by atoms with Crippen LogP contribution >= 0.6 is 0 Å². The molecule has 214 valence electrons. The van der Waals surface area contributed by atoms with Crippen molar-refractivity contribution in [3.8, 4) is 18.1 Å². The summed E-state index contributed by atoms with van der Waals surface area (Å²) in [6.07, 6.45) is 6.81. The van der Waals surface area contributed by atoms with Crippen LogP contribution in [0.4, 0.5) is 5.69 Å². The van der Waals surface area contributed by atoms with Crippen LogP contribution in [0.15, 0.2) is 95.6 Å². The number of carbonyl (C=O) groups is 1. The molecule has 0 saturated heterocycles. The van der Waals surface area contributed by atoms with Crippen molar-refractivity contribution in [3.05, 3.63) is 102 Å². The first kappa shape index (κ1) is 29.8. The smallest absolute Gasteiger partial charge is 0.290 e. The third-order valence-corrected chi connectivity index (χ3v) is 8.42. The first-order valence-electron chi connectivity index (χ1n) is 13.0. The molecule has 1 aliphatic rings. The first-order chi connectivity index (χ1) is 19.8. The molecule has 1 aliphatic heterocycles. The lowest BCUT2D eigenvalue weighted by atomic mass is 9.92. The van der Waals surface area contributed by atoms with Crippen molar-refractivity contribution in [1.29, 1.82) is 0 Å². The highest BCUT2D eigenvalue weighted by Crippen LogP contribution is 2.32. The SMILES string of the molecule is C#Cc1ccc([C@@H]2C=C(C(=O)Nc3ccccc3)O[C@H](OCCN(CCO)S(=O)(=O)c3ccc(OC)cc3)C2)cc1. The molecule has 0 saturated carbocycles. The number of aliphatic hydroxyl groups excluding tert-OH is 1. The van der Waals surface area contributed by atoms with Crippen molar-refractivity contribution in [1.82, 2.24) is 4.31 Å². The summed E-state index contributed by atoms with van der Waals surface area (Å²) in [4.78, 5) is 13.1. The highest BCUT2D eigenvalue weighted by Gasteiger charge is 2.30. The van der Waals surface area contributed by atoms with Crippen LogP contribution in [0, 0.1) is 12.3 Å². The maximum Gasteiger partial charge on any atom is 0.290 e. The van der Waals surface area contributed by atoms with Gasteiger partial charge in [-0.1, -0.05) is 36.3 Å². The number of rotatable bonds is 12. The lowest BCUT2D eigenvalue weighted by molar-refractivity contribution is -0.143. The van der Waals surface area contributed by atoms with Gasteiger partial charge in [-0.05, 0) is 60.2 Å².